The van der Waals surface area contributed by atoms with Crippen molar-refractivity contribution in [3.63, 3.8) is 0 Å². The summed E-state index contributed by atoms with van der Waals surface area (Å²) in [5.74, 6) is -2.37. The number of carboxylic acids is 1. The third-order valence-corrected chi connectivity index (χ3v) is 7.17. The van der Waals surface area contributed by atoms with Crippen LogP contribution in [0.2, 0.25) is 0 Å². The molecule has 1 aromatic heterocycles. The van der Waals surface area contributed by atoms with Crippen LogP contribution in [0.3, 0.4) is 0 Å². The third-order valence-electron chi connectivity index (χ3n) is 7.17. The zero-order valence-electron chi connectivity index (χ0n) is 22.8. The summed E-state index contributed by atoms with van der Waals surface area (Å²) >= 11 is 0. The minimum absolute atomic E-state index is 0.0625. The van der Waals surface area contributed by atoms with Crippen LogP contribution in [-0.2, 0) is 25.6 Å². The number of aliphatic carboxylic acids is 1. The molecule has 1 aliphatic rings. The number of hydrogen-bond donors (Lipinski definition) is 6. The number of fused-ring (bicyclic) bond motifs is 1. The lowest BCUT2D eigenvalue weighted by Gasteiger charge is -2.29. The van der Waals surface area contributed by atoms with Crippen LogP contribution in [0, 0.1) is 5.92 Å². The maximum absolute atomic E-state index is 13.3. The fraction of sp³-hybridized carbons (Fsp3) is 0.571. The number of carboxylic acid groups (broad SMARTS) is 1. The first-order valence-corrected chi connectivity index (χ1v) is 13.8. The van der Waals surface area contributed by atoms with Gasteiger partial charge in [0.15, 0.2) is 0 Å². The Bertz CT molecular complexity index is 1150. The Kier molecular flexibility index (Phi) is 10.9. The first-order chi connectivity index (χ1) is 18.6. The molecule has 214 valence electrons. The fourth-order valence-corrected chi connectivity index (χ4v) is 5.13. The van der Waals surface area contributed by atoms with Crippen LogP contribution < -0.4 is 22.1 Å². The summed E-state index contributed by atoms with van der Waals surface area (Å²) in [6.07, 6.45) is 5.07. The van der Waals surface area contributed by atoms with Gasteiger partial charge in [-0.2, -0.15) is 0 Å². The van der Waals surface area contributed by atoms with Gasteiger partial charge in [0.2, 0.25) is 17.7 Å². The summed E-state index contributed by atoms with van der Waals surface area (Å²) in [7, 11) is 0. The molecule has 2 heterocycles. The Labute approximate surface area is 229 Å². The number of rotatable bonds is 14. The highest BCUT2D eigenvalue weighted by Gasteiger charge is 2.38. The Morgan fingerprint density at radius 3 is 2.56 bits per heavy atom. The maximum Gasteiger partial charge on any atom is 0.326 e. The van der Waals surface area contributed by atoms with Gasteiger partial charge >= 0.3 is 5.97 Å². The van der Waals surface area contributed by atoms with Crippen LogP contribution in [0.5, 0.6) is 0 Å². The second-order valence-corrected chi connectivity index (χ2v) is 10.7. The zero-order chi connectivity index (χ0) is 28.5. The molecule has 3 rings (SSSR count). The number of aromatic amines is 1. The number of carbonyl (C=O) groups excluding carboxylic acids is 3. The predicted octanol–water partition coefficient (Wildman–Crippen LogP) is 1.26. The number of carbonyl (C=O) groups is 4. The third kappa shape index (κ3) is 8.03. The molecule has 1 fully saturated rings. The molecule has 8 N–H and O–H groups in total. The van der Waals surface area contributed by atoms with Crippen molar-refractivity contribution in [3.05, 3.63) is 36.0 Å². The van der Waals surface area contributed by atoms with Crippen molar-refractivity contribution < 1.29 is 24.3 Å². The second kappa shape index (κ2) is 14.1. The van der Waals surface area contributed by atoms with E-state index in [1.165, 1.54) is 4.90 Å². The van der Waals surface area contributed by atoms with E-state index in [-0.39, 0.29) is 18.2 Å². The van der Waals surface area contributed by atoms with Crippen molar-refractivity contribution in [2.75, 3.05) is 13.1 Å². The van der Waals surface area contributed by atoms with E-state index in [2.05, 4.69) is 15.6 Å². The number of nitrogens with one attached hydrogen (secondary N) is 3. The molecule has 0 spiro atoms. The van der Waals surface area contributed by atoms with E-state index in [1.54, 1.807) is 0 Å². The van der Waals surface area contributed by atoms with Crippen molar-refractivity contribution in [2.24, 2.45) is 17.4 Å². The normalized spacial score (nSPS) is 17.7. The summed E-state index contributed by atoms with van der Waals surface area (Å²) < 4.78 is 0. The average molecular weight is 543 g/mol. The molecule has 1 aromatic carbocycles. The van der Waals surface area contributed by atoms with Gasteiger partial charge in [-0.05, 0) is 69.0 Å². The van der Waals surface area contributed by atoms with Crippen LogP contribution in [0.15, 0.2) is 30.5 Å². The van der Waals surface area contributed by atoms with Gasteiger partial charge in [0.25, 0.3) is 0 Å². The molecule has 0 bridgehead atoms. The van der Waals surface area contributed by atoms with Gasteiger partial charge in [-0.25, -0.2) is 4.79 Å². The number of H-pyrrole nitrogens is 1. The zero-order valence-corrected chi connectivity index (χ0v) is 22.8. The van der Waals surface area contributed by atoms with Crippen molar-refractivity contribution in [1.82, 2.24) is 20.5 Å². The topological polar surface area (TPSA) is 184 Å². The number of para-hydroxylation sites is 1. The van der Waals surface area contributed by atoms with E-state index in [0.29, 0.717) is 51.6 Å². The molecule has 0 aliphatic carbocycles. The SMILES string of the molecule is CC(C)CC(NC(=O)C1CCCN1C(=O)C(N)Cc1c[nH]c2ccccc12)C(=O)NC(CCCCN)C(=O)O. The molecule has 1 saturated heterocycles. The number of aromatic nitrogens is 1. The fourth-order valence-electron chi connectivity index (χ4n) is 5.13. The smallest absolute Gasteiger partial charge is 0.326 e. The van der Waals surface area contributed by atoms with Gasteiger partial charge in [0, 0.05) is 23.6 Å². The lowest BCUT2D eigenvalue weighted by atomic mass is 10.0. The summed E-state index contributed by atoms with van der Waals surface area (Å²) in [6.45, 7) is 4.67. The average Bonchev–Trinajstić information content (AvgIpc) is 3.54. The lowest BCUT2D eigenvalue weighted by molar-refractivity contribution is -0.143. The molecule has 3 amide bonds. The first-order valence-electron chi connectivity index (χ1n) is 13.8. The van der Waals surface area contributed by atoms with Gasteiger partial charge in [-0.3, -0.25) is 14.4 Å². The Morgan fingerprint density at radius 1 is 1.13 bits per heavy atom. The summed E-state index contributed by atoms with van der Waals surface area (Å²) in [5.41, 5.74) is 13.7. The highest BCUT2D eigenvalue weighted by molar-refractivity contribution is 5.94. The molecule has 11 heteroatoms. The Morgan fingerprint density at radius 2 is 1.87 bits per heavy atom. The molecule has 4 unspecified atom stereocenters. The molecule has 0 saturated carbocycles. The molecule has 39 heavy (non-hydrogen) atoms. The van der Waals surface area contributed by atoms with Crippen molar-refractivity contribution in [2.45, 2.75) is 83.0 Å². The largest absolute Gasteiger partial charge is 0.480 e. The molecule has 2 aromatic rings. The molecule has 11 nitrogen and oxygen atoms in total. The van der Waals surface area contributed by atoms with E-state index in [0.717, 1.165) is 16.5 Å². The summed E-state index contributed by atoms with van der Waals surface area (Å²) in [4.78, 5) is 56.1. The molecular formula is C28H42N6O5. The van der Waals surface area contributed by atoms with Crippen LogP contribution >= 0.6 is 0 Å². The number of hydrogen-bond acceptors (Lipinski definition) is 6. The minimum atomic E-state index is -1.13. The number of nitrogens with zero attached hydrogens (tertiary/aromatic N) is 1. The number of unbranched alkanes of at least 4 members (excludes halogenated alkanes) is 1. The van der Waals surface area contributed by atoms with Crippen molar-refractivity contribution >= 4 is 34.6 Å². The molecule has 4 atom stereocenters. The van der Waals surface area contributed by atoms with Gasteiger partial charge in [-0.15, -0.1) is 0 Å². The van der Waals surface area contributed by atoms with E-state index < -0.39 is 42.0 Å². The monoisotopic (exact) mass is 542 g/mol. The number of nitrogens with two attached hydrogens (primary N) is 2. The van der Waals surface area contributed by atoms with Gasteiger partial charge < -0.3 is 37.1 Å². The first kappa shape index (κ1) is 30.1. The standard InChI is InChI=1S/C28H42N6O5/c1-17(2)14-23(25(35)32-22(28(38)39)10-5-6-12-29)33-26(36)24-11-7-13-34(24)27(37)20(30)15-18-16-31-21-9-4-3-8-19(18)21/h3-4,8-9,16-17,20,22-24,31H,5-7,10-15,29-30H2,1-2H3,(H,32,35)(H,33,36)(H,38,39). The maximum atomic E-state index is 13.3. The van der Waals surface area contributed by atoms with Gasteiger partial charge in [-0.1, -0.05) is 32.0 Å². The van der Waals surface area contributed by atoms with Crippen LogP contribution in [0.4, 0.5) is 0 Å². The quantitative estimate of drug-likeness (QED) is 0.194. The number of amides is 3. The summed E-state index contributed by atoms with van der Waals surface area (Å²) in [6, 6.07) is 4.22. The predicted molar refractivity (Wildman–Crippen MR) is 149 cm³/mol. The van der Waals surface area contributed by atoms with Gasteiger partial charge in [0.1, 0.15) is 18.1 Å². The van der Waals surface area contributed by atoms with Crippen LogP contribution in [-0.4, -0.2) is 75.9 Å². The van der Waals surface area contributed by atoms with E-state index in [1.807, 2.05) is 44.3 Å². The van der Waals surface area contributed by atoms with Crippen molar-refractivity contribution in [3.8, 4) is 0 Å². The Hall–Kier alpha value is -3.44. The number of benzene rings is 1. The molecular weight excluding hydrogens is 500 g/mol. The molecule has 0 radical (unpaired) electrons. The van der Waals surface area contributed by atoms with Crippen LogP contribution in [0.25, 0.3) is 10.9 Å². The van der Waals surface area contributed by atoms with Crippen molar-refractivity contribution in [1.29, 1.82) is 0 Å². The summed E-state index contributed by atoms with van der Waals surface area (Å²) in [5, 5.41) is 15.9. The van der Waals surface area contributed by atoms with E-state index in [9.17, 15) is 24.3 Å². The van der Waals surface area contributed by atoms with E-state index in [4.69, 9.17) is 11.5 Å². The number of likely N-dealkylation sites (tertiary alicyclic amines) is 1. The van der Waals surface area contributed by atoms with Gasteiger partial charge in [0.05, 0.1) is 6.04 Å². The van der Waals surface area contributed by atoms with Crippen LogP contribution in [0.1, 0.15) is 57.9 Å². The minimum Gasteiger partial charge on any atom is -0.480 e. The second-order valence-electron chi connectivity index (χ2n) is 10.7. The lowest BCUT2D eigenvalue weighted by Crippen LogP contribution is -2.57. The highest BCUT2D eigenvalue weighted by Crippen LogP contribution is 2.22. The Balaban J connectivity index is 1.65. The highest BCUT2D eigenvalue weighted by atomic mass is 16.4. The molecule has 1 aliphatic heterocycles. The van der Waals surface area contributed by atoms with E-state index >= 15 is 0 Å².